The molecule has 0 amide bonds. The van der Waals surface area contributed by atoms with Crippen molar-refractivity contribution in [2.75, 3.05) is 19.8 Å². The van der Waals surface area contributed by atoms with Crippen LogP contribution in [0.5, 0.6) is 0 Å². The molecule has 0 fully saturated rings. The molecule has 0 bridgehead atoms. The Morgan fingerprint density at radius 1 is 0.564 bits per heavy atom. The number of carbonyl (C=O) groups excluding carboxylic acids is 1. The number of rotatable bonds is 43. The summed E-state index contributed by atoms with van der Waals surface area (Å²) in [7, 11) is -4.63. The van der Waals surface area contributed by atoms with Crippen LogP contribution in [0.3, 0.4) is 0 Å². The molecule has 0 heterocycles. The fraction of sp³-hybridized carbons (Fsp3) is 0.864. The average molecular weight is 802 g/mol. The lowest BCUT2D eigenvalue weighted by Gasteiger charge is -2.20. The maximum atomic E-state index is 12.6. The molecule has 324 valence electrons. The van der Waals surface area contributed by atoms with Crippen molar-refractivity contribution in [2.45, 2.75) is 225 Å². The van der Waals surface area contributed by atoms with Crippen molar-refractivity contribution >= 4 is 19.8 Å². The molecule has 0 radical (unpaired) electrons. The Balaban J connectivity index is 4.26. The average Bonchev–Trinajstić information content (AvgIpc) is 3.16. The van der Waals surface area contributed by atoms with Crippen LogP contribution >= 0.6 is 7.82 Å². The van der Waals surface area contributed by atoms with Gasteiger partial charge in [-0.05, 0) is 51.0 Å². The molecule has 11 heteroatoms. The molecule has 0 aromatic heterocycles. The Bertz CT molecular complexity index is 977. The summed E-state index contributed by atoms with van der Waals surface area (Å²) in [6.07, 6.45) is 44.6. The molecule has 0 aromatic carbocycles. The molecular formula is C44H84NO9P. The molecule has 3 atom stereocenters. The van der Waals surface area contributed by atoms with Gasteiger partial charge in [-0.2, -0.15) is 0 Å². The minimum absolute atomic E-state index is 0.0656. The van der Waals surface area contributed by atoms with Crippen LogP contribution in [-0.2, 0) is 32.7 Å². The number of nitrogens with two attached hydrogens (primary N) is 1. The molecule has 0 spiro atoms. The van der Waals surface area contributed by atoms with Crippen LogP contribution in [0.15, 0.2) is 24.5 Å². The predicted molar refractivity (Wildman–Crippen MR) is 226 cm³/mol. The summed E-state index contributed by atoms with van der Waals surface area (Å²) >= 11 is 0. The van der Waals surface area contributed by atoms with Crippen molar-refractivity contribution < 1.29 is 42.7 Å². The van der Waals surface area contributed by atoms with Crippen molar-refractivity contribution in [3.63, 3.8) is 0 Å². The van der Waals surface area contributed by atoms with E-state index in [2.05, 4.69) is 26.0 Å². The molecule has 0 aromatic rings. The van der Waals surface area contributed by atoms with Crippen LogP contribution in [0.2, 0.25) is 0 Å². The number of unbranched alkanes of at least 4 members (excludes halogenated alkanes) is 27. The molecule has 0 aliphatic heterocycles. The number of allylic oxidation sites excluding steroid dienone is 3. The first-order valence-corrected chi connectivity index (χ1v) is 23.9. The van der Waals surface area contributed by atoms with Crippen molar-refractivity contribution in [1.29, 1.82) is 0 Å². The topological polar surface area (TPSA) is 155 Å². The number of carboxylic acid groups (broad SMARTS) is 1. The highest BCUT2D eigenvalue weighted by Gasteiger charge is 2.27. The first-order valence-electron chi connectivity index (χ1n) is 22.4. The van der Waals surface area contributed by atoms with Crippen LogP contribution in [0.4, 0.5) is 0 Å². The zero-order valence-corrected chi connectivity index (χ0v) is 36.2. The van der Waals surface area contributed by atoms with Gasteiger partial charge in [0, 0.05) is 6.42 Å². The van der Waals surface area contributed by atoms with Gasteiger partial charge in [0.1, 0.15) is 12.6 Å². The van der Waals surface area contributed by atoms with E-state index in [1.165, 1.54) is 148 Å². The Hall–Kier alpha value is -1.71. The minimum Gasteiger partial charge on any atom is -0.498 e. The quantitative estimate of drug-likeness (QED) is 0.0178. The highest BCUT2D eigenvalue weighted by Crippen LogP contribution is 2.43. The van der Waals surface area contributed by atoms with Crippen molar-refractivity contribution in [1.82, 2.24) is 0 Å². The summed E-state index contributed by atoms with van der Waals surface area (Å²) in [6, 6.07) is -1.48. The Morgan fingerprint density at radius 3 is 1.38 bits per heavy atom. The maximum Gasteiger partial charge on any atom is 0.472 e. The number of carboxylic acids is 1. The SMILES string of the molecule is CCCCCCCC/C=C\CCCCCCCCCC(=O)O[C@H](CO/C=C\CCCCCCCCCCCCCCCC)COP(=O)(O)OC[C@H](N)C(=O)O. The number of phosphoric ester groups is 1. The van der Waals surface area contributed by atoms with E-state index in [0.717, 1.165) is 38.5 Å². The highest BCUT2D eigenvalue weighted by molar-refractivity contribution is 7.47. The second kappa shape index (κ2) is 40.5. The van der Waals surface area contributed by atoms with Gasteiger partial charge in [0.25, 0.3) is 0 Å². The monoisotopic (exact) mass is 802 g/mol. The fourth-order valence-corrected chi connectivity index (χ4v) is 7.05. The van der Waals surface area contributed by atoms with Gasteiger partial charge in [0.2, 0.25) is 0 Å². The smallest absolute Gasteiger partial charge is 0.472 e. The molecule has 0 aliphatic rings. The lowest BCUT2D eigenvalue weighted by molar-refractivity contribution is -0.153. The molecule has 10 nitrogen and oxygen atoms in total. The van der Waals surface area contributed by atoms with E-state index in [0.29, 0.717) is 6.42 Å². The van der Waals surface area contributed by atoms with Gasteiger partial charge >= 0.3 is 19.8 Å². The number of aliphatic carboxylic acids is 1. The van der Waals surface area contributed by atoms with Crippen molar-refractivity contribution in [2.24, 2.45) is 5.73 Å². The van der Waals surface area contributed by atoms with Crippen LogP contribution in [0.25, 0.3) is 0 Å². The van der Waals surface area contributed by atoms with Crippen LogP contribution in [0.1, 0.15) is 213 Å². The van der Waals surface area contributed by atoms with E-state index in [1.54, 1.807) is 6.26 Å². The second-order valence-electron chi connectivity index (χ2n) is 15.2. The summed E-state index contributed by atoms with van der Waals surface area (Å²) in [5.74, 6) is -1.80. The number of hydrogen-bond donors (Lipinski definition) is 3. The van der Waals surface area contributed by atoms with Crippen LogP contribution in [0, 0.1) is 0 Å². The lowest BCUT2D eigenvalue weighted by Crippen LogP contribution is -2.34. The Morgan fingerprint density at radius 2 is 0.945 bits per heavy atom. The third-order valence-corrected chi connectivity index (χ3v) is 10.7. The van der Waals surface area contributed by atoms with E-state index < -0.39 is 45.1 Å². The van der Waals surface area contributed by atoms with Gasteiger partial charge in [0.15, 0.2) is 6.10 Å². The standard InChI is InChI=1S/C44H84NO9P/c1-3-5-7-9-11-13-15-17-19-21-22-24-26-28-30-32-34-36-43(46)54-41(39-52-55(49,50)53-40-42(45)44(47)48)38-51-37-35-33-31-29-27-25-23-20-18-16-14-12-10-8-6-4-2/h17,19,35,37,41-42H,3-16,18,20-34,36,38-40,45H2,1-2H3,(H,47,48)(H,49,50)/b19-17-,37-35-/t41-,42+/m1/s1. The molecule has 0 saturated carbocycles. The Kier molecular flexibility index (Phi) is 39.2. The second-order valence-corrected chi connectivity index (χ2v) is 16.7. The van der Waals surface area contributed by atoms with E-state index in [9.17, 15) is 19.0 Å². The van der Waals surface area contributed by atoms with Gasteiger partial charge in [-0.1, -0.05) is 174 Å². The van der Waals surface area contributed by atoms with E-state index >= 15 is 0 Å². The minimum atomic E-state index is -4.63. The van der Waals surface area contributed by atoms with Gasteiger partial charge < -0.3 is 25.2 Å². The summed E-state index contributed by atoms with van der Waals surface area (Å²) in [6.45, 7) is 3.29. The number of phosphoric acid groups is 1. The van der Waals surface area contributed by atoms with Gasteiger partial charge in [0.05, 0.1) is 19.5 Å². The summed E-state index contributed by atoms with van der Waals surface area (Å²) in [5, 5.41) is 8.89. The predicted octanol–water partition coefficient (Wildman–Crippen LogP) is 12.7. The lowest BCUT2D eigenvalue weighted by atomic mass is 10.0. The third-order valence-electron chi connectivity index (χ3n) is 9.80. The van der Waals surface area contributed by atoms with Gasteiger partial charge in [-0.3, -0.25) is 18.6 Å². The zero-order chi connectivity index (χ0) is 40.5. The molecule has 0 rings (SSSR count). The van der Waals surface area contributed by atoms with Crippen molar-refractivity contribution in [3.05, 3.63) is 24.5 Å². The van der Waals surface area contributed by atoms with Crippen LogP contribution < -0.4 is 5.73 Å². The summed E-state index contributed by atoms with van der Waals surface area (Å²) < 4.78 is 33.1. The summed E-state index contributed by atoms with van der Waals surface area (Å²) in [5.41, 5.74) is 5.35. The van der Waals surface area contributed by atoms with Gasteiger partial charge in [-0.25, -0.2) is 4.57 Å². The van der Waals surface area contributed by atoms with Gasteiger partial charge in [-0.15, -0.1) is 0 Å². The maximum absolute atomic E-state index is 12.6. The van der Waals surface area contributed by atoms with E-state index in [1.807, 2.05) is 6.08 Å². The molecule has 4 N–H and O–H groups in total. The molecule has 55 heavy (non-hydrogen) atoms. The van der Waals surface area contributed by atoms with E-state index in [-0.39, 0.29) is 13.0 Å². The zero-order valence-electron chi connectivity index (χ0n) is 35.3. The largest absolute Gasteiger partial charge is 0.498 e. The summed E-state index contributed by atoms with van der Waals surface area (Å²) in [4.78, 5) is 33.5. The number of ether oxygens (including phenoxy) is 2. The van der Waals surface area contributed by atoms with Crippen molar-refractivity contribution in [3.8, 4) is 0 Å². The Labute approximate surface area is 336 Å². The first-order chi connectivity index (χ1) is 26.7. The highest BCUT2D eigenvalue weighted by atomic mass is 31.2. The normalized spacial score (nSPS) is 14.0. The van der Waals surface area contributed by atoms with Crippen LogP contribution in [-0.4, -0.2) is 53.9 Å². The molecule has 0 aliphatic carbocycles. The molecule has 0 saturated heterocycles. The third kappa shape index (κ3) is 40.3. The number of carbonyl (C=O) groups is 2. The fourth-order valence-electron chi connectivity index (χ4n) is 6.27. The molecule has 1 unspecified atom stereocenters. The van der Waals surface area contributed by atoms with E-state index in [4.69, 9.17) is 29.4 Å². The number of hydrogen-bond acceptors (Lipinski definition) is 8. The first kappa shape index (κ1) is 53.3. The molecular weight excluding hydrogens is 717 g/mol. The number of esters is 1.